The van der Waals surface area contributed by atoms with Crippen molar-refractivity contribution in [2.75, 3.05) is 0 Å². The van der Waals surface area contributed by atoms with Gasteiger partial charge in [0.1, 0.15) is 11.2 Å². The van der Waals surface area contributed by atoms with Crippen molar-refractivity contribution in [3.8, 4) is 5.88 Å². The van der Waals surface area contributed by atoms with E-state index in [-0.39, 0.29) is 18.0 Å². The highest BCUT2D eigenvalue weighted by atomic mass is 16.5. The summed E-state index contributed by atoms with van der Waals surface area (Å²) in [6, 6.07) is 10.1. The van der Waals surface area contributed by atoms with E-state index in [9.17, 15) is 9.59 Å². The molecule has 0 atom stereocenters. The number of benzene rings is 1. The molecule has 1 N–H and O–H groups in total. The van der Waals surface area contributed by atoms with Crippen molar-refractivity contribution >= 4 is 34.2 Å². The Morgan fingerprint density at radius 1 is 1.00 bits per heavy atom. The molecule has 2 aromatic heterocycles. The van der Waals surface area contributed by atoms with E-state index >= 15 is 0 Å². The summed E-state index contributed by atoms with van der Waals surface area (Å²) in [6.07, 6.45) is 0. The zero-order chi connectivity index (χ0) is 14.1. The number of hydrogen-bond acceptors (Lipinski definition) is 5. The highest BCUT2D eigenvalue weighted by molar-refractivity contribution is 6.04. The molecule has 0 spiro atoms. The lowest BCUT2D eigenvalue weighted by Gasteiger charge is -2.05. The Bertz CT molecular complexity index is 845. The van der Waals surface area contributed by atoms with Gasteiger partial charge in [0, 0.05) is 16.8 Å². The van der Waals surface area contributed by atoms with Gasteiger partial charge in [0.05, 0.1) is 5.52 Å². The van der Waals surface area contributed by atoms with Crippen LogP contribution in [-0.2, 0) is 4.79 Å². The Hall–Kier alpha value is -3.02. The second-order valence-electron chi connectivity index (χ2n) is 4.07. The summed E-state index contributed by atoms with van der Waals surface area (Å²) in [5.74, 6) is -0.966. The molecule has 0 aliphatic heterocycles. The van der Waals surface area contributed by atoms with E-state index in [1.165, 1.54) is 6.07 Å². The third-order valence-corrected chi connectivity index (χ3v) is 2.88. The molecule has 0 amide bonds. The van der Waals surface area contributed by atoms with Gasteiger partial charge in [-0.1, -0.05) is 18.2 Å². The zero-order valence-corrected chi connectivity index (χ0v) is 10.1. The number of pyridine rings is 2. The number of aromatic nitrogens is 2. The molecular formula is C14H8N2O4. The first-order valence-electron chi connectivity index (χ1n) is 5.73. The van der Waals surface area contributed by atoms with E-state index in [4.69, 9.17) is 9.84 Å². The minimum Gasteiger partial charge on any atom is -0.477 e. The van der Waals surface area contributed by atoms with Crippen LogP contribution in [0.25, 0.3) is 21.8 Å². The van der Waals surface area contributed by atoms with Crippen LogP contribution in [0.1, 0.15) is 10.5 Å². The quantitative estimate of drug-likeness (QED) is 0.577. The van der Waals surface area contributed by atoms with Gasteiger partial charge in [0.25, 0.3) is 6.47 Å². The van der Waals surface area contributed by atoms with E-state index in [1.54, 1.807) is 18.2 Å². The molecule has 98 valence electrons. The number of nitrogens with zero attached hydrogens (tertiary/aromatic N) is 2. The molecular weight excluding hydrogens is 260 g/mol. The maximum absolute atomic E-state index is 11.0. The van der Waals surface area contributed by atoms with Gasteiger partial charge in [-0.2, -0.15) is 0 Å². The largest absolute Gasteiger partial charge is 0.477 e. The maximum atomic E-state index is 11.0. The monoisotopic (exact) mass is 268 g/mol. The summed E-state index contributed by atoms with van der Waals surface area (Å²) in [7, 11) is 0. The first-order chi connectivity index (χ1) is 9.69. The zero-order valence-electron chi connectivity index (χ0n) is 10.1. The van der Waals surface area contributed by atoms with Crippen molar-refractivity contribution < 1.29 is 19.4 Å². The molecule has 0 bridgehead atoms. The van der Waals surface area contributed by atoms with Crippen LogP contribution < -0.4 is 4.74 Å². The van der Waals surface area contributed by atoms with Crippen molar-refractivity contribution in [3.63, 3.8) is 0 Å². The highest BCUT2D eigenvalue weighted by Crippen LogP contribution is 2.24. The fraction of sp³-hybridized carbons (Fsp3) is 0. The number of ether oxygens (including phenoxy) is 1. The average Bonchev–Trinajstić information content (AvgIpc) is 2.46. The predicted octanol–water partition coefficient (Wildman–Crippen LogP) is 2.02. The summed E-state index contributed by atoms with van der Waals surface area (Å²) < 4.78 is 4.70. The SMILES string of the molecule is O=COc1ccc2ccc3ccc(C(=O)O)nc3c2n1. The Morgan fingerprint density at radius 2 is 1.60 bits per heavy atom. The molecule has 0 saturated carbocycles. The minimum atomic E-state index is -1.11. The van der Waals surface area contributed by atoms with Crippen molar-refractivity contribution in [2.24, 2.45) is 0 Å². The summed E-state index contributed by atoms with van der Waals surface area (Å²) in [5, 5.41) is 10.5. The van der Waals surface area contributed by atoms with E-state index in [0.29, 0.717) is 11.0 Å². The van der Waals surface area contributed by atoms with Crippen LogP contribution >= 0.6 is 0 Å². The molecule has 6 heteroatoms. The molecule has 2 heterocycles. The average molecular weight is 268 g/mol. The number of fused-ring (bicyclic) bond motifs is 3. The van der Waals surface area contributed by atoms with Gasteiger partial charge >= 0.3 is 5.97 Å². The fourth-order valence-electron chi connectivity index (χ4n) is 1.98. The summed E-state index contributed by atoms with van der Waals surface area (Å²) >= 11 is 0. The molecule has 0 saturated heterocycles. The van der Waals surface area contributed by atoms with E-state index in [2.05, 4.69) is 9.97 Å². The third-order valence-electron chi connectivity index (χ3n) is 2.88. The summed E-state index contributed by atoms with van der Waals surface area (Å²) in [5.41, 5.74) is 0.886. The Labute approximate surface area is 112 Å². The van der Waals surface area contributed by atoms with Gasteiger partial charge in [0.2, 0.25) is 5.88 Å². The smallest absolute Gasteiger partial charge is 0.354 e. The number of hydrogen-bond donors (Lipinski definition) is 1. The normalized spacial score (nSPS) is 10.6. The molecule has 0 aliphatic rings. The standard InChI is InChI=1S/C14H8N2O4/c17-7-20-11-6-4-9-2-1-8-3-5-10(14(18)19)15-12(8)13(9)16-11/h1-7H,(H,18,19). The van der Waals surface area contributed by atoms with Crippen LogP contribution in [-0.4, -0.2) is 27.5 Å². The molecule has 20 heavy (non-hydrogen) atoms. The predicted molar refractivity (Wildman–Crippen MR) is 70.7 cm³/mol. The molecule has 0 aliphatic carbocycles. The Morgan fingerprint density at radius 3 is 2.25 bits per heavy atom. The number of rotatable bonds is 3. The highest BCUT2D eigenvalue weighted by Gasteiger charge is 2.09. The molecule has 0 unspecified atom stereocenters. The van der Waals surface area contributed by atoms with Crippen molar-refractivity contribution in [3.05, 3.63) is 42.1 Å². The lowest BCUT2D eigenvalue weighted by Crippen LogP contribution is -2.00. The molecule has 3 aromatic rings. The van der Waals surface area contributed by atoms with Crippen LogP contribution in [0.3, 0.4) is 0 Å². The maximum Gasteiger partial charge on any atom is 0.354 e. The number of carboxylic acid groups (broad SMARTS) is 1. The van der Waals surface area contributed by atoms with Gasteiger partial charge in [0.15, 0.2) is 0 Å². The topological polar surface area (TPSA) is 89.4 Å². The van der Waals surface area contributed by atoms with Crippen molar-refractivity contribution in [2.45, 2.75) is 0 Å². The van der Waals surface area contributed by atoms with Crippen LogP contribution in [0.5, 0.6) is 5.88 Å². The van der Waals surface area contributed by atoms with Gasteiger partial charge < -0.3 is 9.84 Å². The molecule has 1 aromatic carbocycles. The van der Waals surface area contributed by atoms with Crippen molar-refractivity contribution in [1.29, 1.82) is 0 Å². The first kappa shape index (κ1) is 12.0. The number of carbonyl (C=O) groups is 2. The molecule has 0 radical (unpaired) electrons. The van der Waals surface area contributed by atoms with E-state index in [1.807, 2.05) is 12.1 Å². The third kappa shape index (κ3) is 1.93. The minimum absolute atomic E-state index is 0.0616. The first-order valence-corrected chi connectivity index (χ1v) is 5.73. The van der Waals surface area contributed by atoms with E-state index in [0.717, 1.165) is 10.8 Å². The van der Waals surface area contributed by atoms with Crippen molar-refractivity contribution in [1.82, 2.24) is 9.97 Å². The Kier molecular flexibility index (Phi) is 2.76. The van der Waals surface area contributed by atoms with Crippen LogP contribution in [0.15, 0.2) is 36.4 Å². The summed E-state index contributed by atoms with van der Waals surface area (Å²) in [6.45, 7) is 0.287. The second kappa shape index (κ2) is 4.58. The van der Waals surface area contributed by atoms with Gasteiger partial charge in [-0.05, 0) is 12.1 Å². The second-order valence-corrected chi connectivity index (χ2v) is 4.07. The van der Waals surface area contributed by atoms with Gasteiger partial charge in [-0.25, -0.2) is 14.8 Å². The van der Waals surface area contributed by atoms with Gasteiger partial charge in [-0.3, -0.25) is 4.79 Å². The lowest BCUT2D eigenvalue weighted by atomic mass is 10.1. The molecule has 3 rings (SSSR count). The Balaban J connectivity index is 2.35. The number of carboxylic acids is 1. The van der Waals surface area contributed by atoms with Crippen LogP contribution in [0.4, 0.5) is 0 Å². The molecule has 6 nitrogen and oxygen atoms in total. The van der Waals surface area contributed by atoms with Gasteiger partial charge in [-0.15, -0.1) is 0 Å². The van der Waals surface area contributed by atoms with E-state index < -0.39 is 5.97 Å². The number of aromatic carboxylic acids is 1. The summed E-state index contributed by atoms with van der Waals surface area (Å²) in [4.78, 5) is 29.6. The fourth-order valence-corrected chi connectivity index (χ4v) is 1.98. The van der Waals surface area contributed by atoms with Crippen LogP contribution in [0.2, 0.25) is 0 Å². The lowest BCUT2D eigenvalue weighted by molar-refractivity contribution is -0.120. The van der Waals surface area contributed by atoms with Crippen LogP contribution in [0, 0.1) is 0 Å². The number of carbonyl (C=O) groups excluding carboxylic acids is 1. The molecule has 0 fully saturated rings.